The van der Waals surface area contributed by atoms with E-state index in [1.807, 2.05) is 45.8 Å². The van der Waals surface area contributed by atoms with E-state index in [9.17, 15) is 9.59 Å². The number of nitrogens with zero attached hydrogens (tertiary/aromatic N) is 1. The molecule has 0 radical (unpaired) electrons. The van der Waals surface area contributed by atoms with Crippen LogP contribution in [0.4, 0.5) is 5.69 Å². The highest BCUT2D eigenvalue weighted by atomic mass is 16.2. The third-order valence-corrected chi connectivity index (χ3v) is 3.38. The minimum atomic E-state index is -0.515. The zero-order valence-electron chi connectivity index (χ0n) is 13.7. The fraction of sp³-hybridized carbons (Fsp3) is 0.500. The number of carbonyl (C=O) groups excluding carboxylic acids is 2. The van der Waals surface area contributed by atoms with E-state index in [0.717, 1.165) is 5.56 Å². The van der Waals surface area contributed by atoms with Crippen molar-refractivity contribution in [2.45, 2.75) is 20.8 Å². The van der Waals surface area contributed by atoms with Gasteiger partial charge >= 0.3 is 0 Å². The van der Waals surface area contributed by atoms with E-state index in [4.69, 9.17) is 0 Å². The summed E-state index contributed by atoms with van der Waals surface area (Å²) in [7, 11) is 5.46. The van der Waals surface area contributed by atoms with Crippen LogP contribution in [0.25, 0.3) is 0 Å². The van der Waals surface area contributed by atoms with Gasteiger partial charge in [-0.25, -0.2) is 0 Å². The standard InChI is InChI=1S/C16H25N3O2/c1-11-12(14(20)17-4)8-7-9-13(11)18-15(21)16(2,3)10-19(5)6/h7-9H,10H2,1-6H3,(H,17,20)(H,18,21). The van der Waals surface area contributed by atoms with Crippen molar-refractivity contribution in [1.82, 2.24) is 10.2 Å². The fourth-order valence-electron chi connectivity index (χ4n) is 2.31. The molecule has 116 valence electrons. The van der Waals surface area contributed by atoms with Crippen LogP contribution in [0, 0.1) is 12.3 Å². The lowest BCUT2D eigenvalue weighted by atomic mass is 9.91. The molecule has 1 aromatic rings. The van der Waals surface area contributed by atoms with Crippen molar-refractivity contribution < 1.29 is 9.59 Å². The van der Waals surface area contributed by atoms with Gasteiger partial charge in [0.2, 0.25) is 5.91 Å². The van der Waals surface area contributed by atoms with E-state index in [2.05, 4.69) is 10.6 Å². The van der Waals surface area contributed by atoms with Crippen molar-refractivity contribution in [3.05, 3.63) is 29.3 Å². The summed E-state index contributed by atoms with van der Waals surface area (Å²) in [4.78, 5) is 26.2. The van der Waals surface area contributed by atoms with Crippen molar-refractivity contribution in [2.75, 3.05) is 33.0 Å². The van der Waals surface area contributed by atoms with Gasteiger partial charge < -0.3 is 15.5 Å². The van der Waals surface area contributed by atoms with E-state index >= 15 is 0 Å². The third kappa shape index (κ3) is 4.29. The highest BCUT2D eigenvalue weighted by Gasteiger charge is 2.28. The maximum Gasteiger partial charge on any atom is 0.251 e. The van der Waals surface area contributed by atoms with Gasteiger partial charge in [-0.05, 0) is 52.6 Å². The molecule has 0 aromatic heterocycles. The average Bonchev–Trinajstić information content (AvgIpc) is 2.38. The molecule has 0 saturated heterocycles. The van der Waals surface area contributed by atoms with Crippen LogP contribution < -0.4 is 10.6 Å². The van der Waals surface area contributed by atoms with Crippen molar-refractivity contribution in [3.63, 3.8) is 0 Å². The number of hydrogen-bond acceptors (Lipinski definition) is 3. The SMILES string of the molecule is CNC(=O)c1cccc(NC(=O)C(C)(C)CN(C)C)c1C. The van der Waals surface area contributed by atoms with E-state index in [0.29, 0.717) is 17.8 Å². The molecule has 0 fully saturated rings. The van der Waals surface area contributed by atoms with E-state index in [1.54, 1.807) is 19.2 Å². The molecule has 5 nitrogen and oxygen atoms in total. The van der Waals surface area contributed by atoms with Crippen LogP contribution in [0.2, 0.25) is 0 Å². The molecule has 2 N–H and O–H groups in total. The Kier molecular flexibility index (Phi) is 5.49. The first kappa shape index (κ1) is 17.2. The van der Waals surface area contributed by atoms with Crippen molar-refractivity contribution in [3.8, 4) is 0 Å². The lowest BCUT2D eigenvalue weighted by Crippen LogP contribution is -2.39. The summed E-state index contributed by atoms with van der Waals surface area (Å²) in [6.07, 6.45) is 0. The summed E-state index contributed by atoms with van der Waals surface area (Å²) in [6.45, 7) is 6.28. The van der Waals surface area contributed by atoms with E-state index in [-0.39, 0.29) is 11.8 Å². The molecule has 0 bridgehead atoms. The topological polar surface area (TPSA) is 61.4 Å². The molecular formula is C16H25N3O2. The predicted octanol–water partition coefficient (Wildman–Crippen LogP) is 1.88. The first-order valence-corrected chi connectivity index (χ1v) is 6.97. The quantitative estimate of drug-likeness (QED) is 0.871. The Balaban J connectivity index is 2.98. The Morgan fingerprint density at radius 3 is 2.38 bits per heavy atom. The Hall–Kier alpha value is -1.88. The second kappa shape index (κ2) is 6.72. The normalized spacial score (nSPS) is 11.4. The predicted molar refractivity (Wildman–Crippen MR) is 85.5 cm³/mol. The molecule has 0 unspecified atom stereocenters. The second-order valence-electron chi connectivity index (χ2n) is 6.13. The summed E-state index contributed by atoms with van der Waals surface area (Å²) < 4.78 is 0. The maximum absolute atomic E-state index is 12.4. The van der Waals surface area contributed by atoms with Gasteiger partial charge in [0.1, 0.15) is 0 Å². The average molecular weight is 291 g/mol. The van der Waals surface area contributed by atoms with Crippen LogP contribution in [0.15, 0.2) is 18.2 Å². The molecule has 0 atom stereocenters. The molecule has 0 heterocycles. The van der Waals surface area contributed by atoms with Crippen LogP contribution in [0.5, 0.6) is 0 Å². The molecule has 0 spiro atoms. The van der Waals surface area contributed by atoms with E-state index in [1.165, 1.54) is 0 Å². The molecule has 1 aromatic carbocycles. The molecule has 21 heavy (non-hydrogen) atoms. The second-order valence-corrected chi connectivity index (χ2v) is 6.13. The Bertz CT molecular complexity index is 536. The van der Waals surface area contributed by atoms with Gasteiger partial charge in [0, 0.05) is 24.8 Å². The van der Waals surface area contributed by atoms with Crippen LogP contribution in [0.1, 0.15) is 29.8 Å². The molecule has 0 aliphatic rings. The zero-order chi connectivity index (χ0) is 16.2. The van der Waals surface area contributed by atoms with Gasteiger partial charge in [0.15, 0.2) is 0 Å². The van der Waals surface area contributed by atoms with Crippen molar-refractivity contribution >= 4 is 17.5 Å². The highest BCUT2D eigenvalue weighted by molar-refractivity contribution is 6.00. The Labute approximate surface area is 126 Å². The summed E-state index contributed by atoms with van der Waals surface area (Å²) in [5, 5.41) is 5.53. The van der Waals surface area contributed by atoms with Gasteiger partial charge in [-0.3, -0.25) is 9.59 Å². The molecule has 0 saturated carbocycles. The van der Waals surface area contributed by atoms with Crippen molar-refractivity contribution in [1.29, 1.82) is 0 Å². The molecule has 0 aliphatic heterocycles. The first-order valence-electron chi connectivity index (χ1n) is 6.97. The minimum absolute atomic E-state index is 0.0617. The van der Waals surface area contributed by atoms with Crippen LogP contribution in [-0.4, -0.2) is 44.4 Å². The summed E-state index contributed by atoms with van der Waals surface area (Å²) in [5.41, 5.74) is 1.50. The molecule has 5 heteroatoms. The molecule has 0 aliphatic carbocycles. The zero-order valence-corrected chi connectivity index (χ0v) is 13.7. The third-order valence-electron chi connectivity index (χ3n) is 3.38. The summed E-state index contributed by atoms with van der Waals surface area (Å²) in [5.74, 6) is -0.218. The van der Waals surface area contributed by atoms with Gasteiger partial charge in [-0.1, -0.05) is 6.07 Å². The largest absolute Gasteiger partial charge is 0.355 e. The Morgan fingerprint density at radius 2 is 1.86 bits per heavy atom. The van der Waals surface area contributed by atoms with Crippen LogP contribution >= 0.6 is 0 Å². The number of amides is 2. The lowest BCUT2D eigenvalue weighted by Gasteiger charge is -2.27. The number of benzene rings is 1. The number of carbonyl (C=O) groups is 2. The fourth-order valence-corrected chi connectivity index (χ4v) is 2.31. The number of anilines is 1. The van der Waals surface area contributed by atoms with Gasteiger partial charge in [-0.2, -0.15) is 0 Å². The number of nitrogens with one attached hydrogen (secondary N) is 2. The number of rotatable bonds is 5. The smallest absolute Gasteiger partial charge is 0.251 e. The maximum atomic E-state index is 12.4. The summed E-state index contributed by atoms with van der Waals surface area (Å²) >= 11 is 0. The number of hydrogen-bond donors (Lipinski definition) is 2. The van der Waals surface area contributed by atoms with Crippen LogP contribution in [0.3, 0.4) is 0 Å². The summed E-state index contributed by atoms with van der Waals surface area (Å²) in [6, 6.07) is 5.33. The highest BCUT2D eigenvalue weighted by Crippen LogP contribution is 2.23. The molecule has 1 rings (SSSR count). The van der Waals surface area contributed by atoms with Gasteiger partial charge in [0.25, 0.3) is 5.91 Å². The minimum Gasteiger partial charge on any atom is -0.355 e. The molecule has 2 amide bonds. The van der Waals surface area contributed by atoms with Crippen molar-refractivity contribution in [2.24, 2.45) is 5.41 Å². The van der Waals surface area contributed by atoms with Gasteiger partial charge in [0.05, 0.1) is 5.41 Å². The van der Waals surface area contributed by atoms with Gasteiger partial charge in [-0.15, -0.1) is 0 Å². The molecular weight excluding hydrogens is 266 g/mol. The Morgan fingerprint density at radius 1 is 1.24 bits per heavy atom. The monoisotopic (exact) mass is 291 g/mol. The van der Waals surface area contributed by atoms with E-state index < -0.39 is 5.41 Å². The first-order chi connectivity index (χ1) is 9.69. The van der Waals surface area contributed by atoms with Crippen LogP contribution in [-0.2, 0) is 4.79 Å². The lowest BCUT2D eigenvalue weighted by molar-refractivity contribution is -0.124.